The SMILES string of the molecule is CCCCC/C=C\C/C=C\C/C=C\CCCCCCCCC(=O)NC(COP(=O)(O)OCC[N+](C)(C)C)C(O)CCCCCCCC. The van der Waals surface area contributed by atoms with Gasteiger partial charge in [-0.3, -0.25) is 13.8 Å². The van der Waals surface area contributed by atoms with Gasteiger partial charge in [0, 0.05) is 6.42 Å². The number of hydrogen-bond donors (Lipinski definition) is 3. The molecule has 0 radical (unpaired) electrons. The Morgan fingerprint density at radius 1 is 0.723 bits per heavy atom. The van der Waals surface area contributed by atoms with Gasteiger partial charge in [-0.1, -0.05) is 127 Å². The number of quaternary nitrogens is 1. The summed E-state index contributed by atoms with van der Waals surface area (Å²) in [5.41, 5.74) is 0. The van der Waals surface area contributed by atoms with Crippen molar-refractivity contribution in [2.24, 2.45) is 0 Å². The van der Waals surface area contributed by atoms with Crippen molar-refractivity contribution >= 4 is 13.7 Å². The van der Waals surface area contributed by atoms with Gasteiger partial charge in [0.15, 0.2) is 0 Å². The van der Waals surface area contributed by atoms with Gasteiger partial charge in [-0.15, -0.1) is 0 Å². The van der Waals surface area contributed by atoms with Crippen LogP contribution in [-0.4, -0.2) is 73.4 Å². The zero-order valence-electron chi connectivity index (χ0n) is 31.0. The topological polar surface area (TPSA) is 105 Å². The highest BCUT2D eigenvalue weighted by Gasteiger charge is 2.28. The van der Waals surface area contributed by atoms with Gasteiger partial charge in [0.05, 0.1) is 39.9 Å². The van der Waals surface area contributed by atoms with Crippen LogP contribution in [-0.2, 0) is 18.4 Å². The number of hydrogen-bond acceptors (Lipinski definition) is 5. The number of rotatable bonds is 33. The molecule has 0 aliphatic rings. The molecule has 0 aliphatic heterocycles. The van der Waals surface area contributed by atoms with Gasteiger partial charge >= 0.3 is 7.82 Å². The van der Waals surface area contributed by atoms with Crippen LogP contribution >= 0.6 is 7.82 Å². The fourth-order valence-electron chi connectivity index (χ4n) is 5.05. The zero-order chi connectivity index (χ0) is 35.1. The Morgan fingerprint density at radius 2 is 1.21 bits per heavy atom. The summed E-state index contributed by atoms with van der Waals surface area (Å²) in [4.78, 5) is 22.9. The fraction of sp³-hybridized carbons (Fsp3) is 0.816. The van der Waals surface area contributed by atoms with Crippen LogP contribution in [0.4, 0.5) is 0 Å². The molecule has 9 heteroatoms. The van der Waals surface area contributed by atoms with E-state index < -0.39 is 20.0 Å². The van der Waals surface area contributed by atoms with Crippen molar-refractivity contribution in [2.45, 2.75) is 161 Å². The van der Waals surface area contributed by atoms with Crippen LogP contribution in [0.3, 0.4) is 0 Å². The van der Waals surface area contributed by atoms with Crippen LogP contribution in [0.15, 0.2) is 36.5 Å². The molecule has 1 amide bonds. The van der Waals surface area contributed by atoms with Gasteiger partial charge in [0.25, 0.3) is 0 Å². The number of phosphoric ester groups is 1. The predicted octanol–water partition coefficient (Wildman–Crippen LogP) is 9.57. The van der Waals surface area contributed by atoms with Crippen molar-refractivity contribution in [3.63, 3.8) is 0 Å². The Labute approximate surface area is 289 Å². The first-order chi connectivity index (χ1) is 22.5. The summed E-state index contributed by atoms with van der Waals surface area (Å²) < 4.78 is 23.4. The third kappa shape index (κ3) is 33.0. The standard InChI is InChI=1S/C38H73N2O6P/c1-6-8-10-12-14-15-16-17-18-19-20-21-22-23-24-25-26-28-30-32-38(42)39-36(37(41)31-29-27-13-11-9-7-2)35-46-47(43,44)45-34-33-40(3,4)5/h14-15,17-18,20-21,36-37,41H,6-13,16,19,22-35H2,1-5H3,(H-,39,42,43,44)/p+1/b15-14-,18-17-,21-20-. The van der Waals surface area contributed by atoms with Crippen LogP contribution in [0.5, 0.6) is 0 Å². The van der Waals surface area contributed by atoms with E-state index >= 15 is 0 Å². The van der Waals surface area contributed by atoms with E-state index in [1.54, 1.807) is 0 Å². The maximum atomic E-state index is 12.7. The molecule has 0 aliphatic carbocycles. The zero-order valence-corrected chi connectivity index (χ0v) is 31.9. The second-order valence-electron chi connectivity index (χ2n) is 14.0. The van der Waals surface area contributed by atoms with E-state index in [4.69, 9.17) is 9.05 Å². The molecule has 0 bridgehead atoms. The first kappa shape index (κ1) is 45.7. The van der Waals surface area contributed by atoms with Crippen molar-refractivity contribution in [1.29, 1.82) is 0 Å². The highest BCUT2D eigenvalue weighted by Crippen LogP contribution is 2.43. The molecule has 3 unspecified atom stereocenters. The van der Waals surface area contributed by atoms with Crippen molar-refractivity contribution in [2.75, 3.05) is 40.9 Å². The molecule has 0 fully saturated rings. The van der Waals surface area contributed by atoms with Crippen molar-refractivity contribution in [1.82, 2.24) is 5.32 Å². The Balaban J connectivity index is 4.31. The van der Waals surface area contributed by atoms with Crippen LogP contribution in [0.1, 0.15) is 149 Å². The average molecular weight is 686 g/mol. The summed E-state index contributed by atoms with van der Waals surface area (Å²) in [6, 6.07) is -0.763. The van der Waals surface area contributed by atoms with Gasteiger partial charge in [-0.2, -0.15) is 0 Å². The van der Waals surface area contributed by atoms with Crippen LogP contribution in [0, 0.1) is 0 Å². The number of aliphatic hydroxyl groups is 1. The van der Waals surface area contributed by atoms with Crippen molar-refractivity contribution in [3.05, 3.63) is 36.5 Å². The molecule has 0 aromatic heterocycles. The van der Waals surface area contributed by atoms with E-state index in [1.807, 2.05) is 21.1 Å². The van der Waals surface area contributed by atoms with E-state index in [1.165, 1.54) is 57.8 Å². The predicted molar refractivity (Wildman–Crippen MR) is 198 cm³/mol. The lowest BCUT2D eigenvalue weighted by Gasteiger charge is -2.26. The third-order valence-corrected chi connectivity index (χ3v) is 9.13. The molecule has 0 spiro atoms. The summed E-state index contributed by atoms with van der Waals surface area (Å²) in [5, 5.41) is 13.7. The van der Waals surface area contributed by atoms with E-state index in [-0.39, 0.29) is 19.1 Å². The number of nitrogens with zero attached hydrogens (tertiary/aromatic N) is 1. The minimum absolute atomic E-state index is 0.0699. The molecule has 0 saturated heterocycles. The number of phosphoric acid groups is 1. The third-order valence-electron chi connectivity index (χ3n) is 8.14. The van der Waals surface area contributed by atoms with Crippen LogP contribution < -0.4 is 5.32 Å². The molecule has 0 heterocycles. The fourth-order valence-corrected chi connectivity index (χ4v) is 5.79. The van der Waals surface area contributed by atoms with Crippen LogP contribution in [0.25, 0.3) is 0 Å². The molecule has 276 valence electrons. The Bertz CT molecular complexity index is 871. The lowest BCUT2D eigenvalue weighted by atomic mass is 10.0. The van der Waals surface area contributed by atoms with E-state index in [0.717, 1.165) is 64.2 Å². The number of carbonyl (C=O) groups excluding carboxylic acids is 1. The largest absolute Gasteiger partial charge is 0.472 e. The summed E-state index contributed by atoms with van der Waals surface area (Å²) in [5.74, 6) is -0.165. The average Bonchev–Trinajstić information content (AvgIpc) is 3.01. The number of likely N-dealkylation sites (N-methyl/N-ethyl adjacent to an activating group) is 1. The normalized spacial score (nSPS) is 15.1. The van der Waals surface area contributed by atoms with Gasteiger partial charge in [-0.05, 0) is 51.4 Å². The summed E-state index contributed by atoms with van der Waals surface area (Å²) in [6.07, 6.45) is 34.7. The lowest BCUT2D eigenvalue weighted by molar-refractivity contribution is -0.870. The molecule has 47 heavy (non-hydrogen) atoms. The van der Waals surface area contributed by atoms with Crippen molar-refractivity contribution in [3.8, 4) is 0 Å². The van der Waals surface area contributed by atoms with Gasteiger partial charge in [0.1, 0.15) is 13.2 Å². The molecule has 0 saturated carbocycles. The number of amides is 1. The smallest absolute Gasteiger partial charge is 0.391 e. The molecule has 0 aromatic rings. The second kappa shape index (κ2) is 30.8. The number of unbranched alkanes of at least 4 members (excludes halogenated alkanes) is 14. The van der Waals surface area contributed by atoms with Crippen molar-refractivity contribution < 1.29 is 32.9 Å². The summed E-state index contributed by atoms with van der Waals surface area (Å²) in [6.45, 7) is 4.75. The highest BCUT2D eigenvalue weighted by atomic mass is 31.2. The van der Waals surface area contributed by atoms with E-state index in [2.05, 4.69) is 55.6 Å². The molecule has 0 rings (SSSR count). The minimum Gasteiger partial charge on any atom is -0.391 e. The Kier molecular flexibility index (Phi) is 29.9. The molecule has 8 nitrogen and oxygen atoms in total. The number of aliphatic hydroxyl groups excluding tert-OH is 1. The molecule has 3 atom stereocenters. The van der Waals surface area contributed by atoms with E-state index in [9.17, 15) is 19.4 Å². The van der Waals surface area contributed by atoms with Gasteiger partial charge < -0.3 is 19.8 Å². The van der Waals surface area contributed by atoms with Crippen LogP contribution in [0.2, 0.25) is 0 Å². The minimum atomic E-state index is -4.30. The molecule has 0 aromatic carbocycles. The highest BCUT2D eigenvalue weighted by molar-refractivity contribution is 7.47. The number of carbonyl (C=O) groups is 1. The first-order valence-electron chi connectivity index (χ1n) is 18.9. The van der Waals surface area contributed by atoms with Gasteiger partial charge in [-0.25, -0.2) is 4.57 Å². The van der Waals surface area contributed by atoms with Gasteiger partial charge in [0.2, 0.25) is 5.91 Å². The lowest BCUT2D eigenvalue weighted by Crippen LogP contribution is -2.46. The monoisotopic (exact) mass is 686 g/mol. The number of allylic oxidation sites excluding steroid dienone is 6. The molecular formula is C38H74N2O6P+. The maximum Gasteiger partial charge on any atom is 0.472 e. The molecule has 3 N–H and O–H groups in total. The summed E-state index contributed by atoms with van der Waals surface area (Å²) >= 11 is 0. The quantitative estimate of drug-likeness (QED) is 0.0275. The van der Waals surface area contributed by atoms with E-state index in [0.29, 0.717) is 23.9 Å². The molecular weight excluding hydrogens is 611 g/mol. The maximum absolute atomic E-state index is 12.7. The second-order valence-corrected chi connectivity index (χ2v) is 15.4. The summed E-state index contributed by atoms with van der Waals surface area (Å²) in [7, 11) is 1.59. The Morgan fingerprint density at radius 3 is 1.81 bits per heavy atom. The first-order valence-corrected chi connectivity index (χ1v) is 20.3. The Hall–Kier alpha value is -1.28. The number of nitrogens with one attached hydrogen (secondary N) is 1.